The van der Waals surface area contributed by atoms with Crippen LogP contribution in [0, 0.1) is 0 Å². The first-order chi connectivity index (χ1) is 10.3. The van der Waals surface area contributed by atoms with Gasteiger partial charge in [-0.3, -0.25) is 9.78 Å². The smallest absolute Gasteiger partial charge is 0.253 e. The summed E-state index contributed by atoms with van der Waals surface area (Å²) < 4.78 is 1.46. The summed E-state index contributed by atoms with van der Waals surface area (Å²) in [6.45, 7) is 0.436. The molecule has 0 fully saturated rings. The fraction of sp³-hybridized carbons (Fsp3) is 0.0714. The van der Waals surface area contributed by atoms with Gasteiger partial charge < -0.3 is 5.32 Å². The summed E-state index contributed by atoms with van der Waals surface area (Å²) in [4.78, 5) is 16.3. The molecule has 2 heterocycles. The largest absolute Gasteiger partial charge is 0.348 e. The van der Waals surface area contributed by atoms with Gasteiger partial charge in [-0.25, -0.2) is 0 Å². The topological polar surface area (TPSA) is 85.6 Å². The number of para-hydroxylation sites is 1. The zero-order valence-electron chi connectivity index (χ0n) is 11.0. The normalized spacial score (nSPS) is 10.3. The Morgan fingerprint density at radius 2 is 1.95 bits per heavy atom. The molecule has 0 aliphatic carbocycles. The molecule has 3 aromatic rings. The first-order valence-corrected chi connectivity index (χ1v) is 6.34. The van der Waals surface area contributed by atoms with Crippen molar-refractivity contribution in [3.8, 4) is 5.69 Å². The Hall–Kier alpha value is -3.09. The summed E-state index contributed by atoms with van der Waals surface area (Å²) in [5.41, 5.74) is 2.13. The Kier molecular flexibility index (Phi) is 3.64. The van der Waals surface area contributed by atoms with Gasteiger partial charge in [0.25, 0.3) is 5.91 Å². The van der Waals surface area contributed by atoms with Crippen molar-refractivity contribution in [3.05, 3.63) is 66.2 Å². The standard InChI is InChI=1S/C14H12N6O/c21-14(16-9-11-5-7-15-8-6-11)12-3-1-2-4-13(12)20-10-17-18-19-20/h1-8,10H,9H2,(H,16,21). The molecule has 0 unspecified atom stereocenters. The van der Waals surface area contributed by atoms with E-state index in [9.17, 15) is 4.79 Å². The minimum Gasteiger partial charge on any atom is -0.348 e. The molecular weight excluding hydrogens is 268 g/mol. The number of hydrogen-bond acceptors (Lipinski definition) is 5. The third-order valence-corrected chi connectivity index (χ3v) is 2.95. The van der Waals surface area contributed by atoms with Crippen LogP contribution in [0.1, 0.15) is 15.9 Å². The van der Waals surface area contributed by atoms with E-state index >= 15 is 0 Å². The van der Waals surface area contributed by atoms with E-state index in [1.165, 1.54) is 11.0 Å². The number of carbonyl (C=O) groups excluding carboxylic acids is 1. The fourth-order valence-corrected chi connectivity index (χ4v) is 1.92. The minimum absolute atomic E-state index is 0.182. The zero-order chi connectivity index (χ0) is 14.5. The second-order valence-corrected chi connectivity index (χ2v) is 4.31. The minimum atomic E-state index is -0.182. The molecule has 0 saturated heterocycles. The Morgan fingerprint density at radius 1 is 1.14 bits per heavy atom. The molecule has 0 radical (unpaired) electrons. The van der Waals surface area contributed by atoms with Crippen LogP contribution in [0.15, 0.2) is 55.1 Å². The van der Waals surface area contributed by atoms with Crippen molar-refractivity contribution in [1.82, 2.24) is 30.5 Å². The van der Waals surface area contributed by atoms with E-state index in [1.54, 1.807) is 30.6 Å². The highest BCUT2D eigenvalue weighted by Gasteiger charge is 2.12. The van der Waals surface area contributed by atoms with Gasteiger partial charge in [-0.1, -0.05) is 12.1 Å². The van der Waals surface area contributed by atoms with Gasteiger partial charge in [-0.15, -0.1) is 5.10 Å². The first kappa shape index (κ1) is 12.9. The number of pyridine rings is 1. The highest BCUT2D eigenvalue weighted by Crippen LogP contribution is 2.12. The van der Waals surface area contributed by atoms with E-state index in [0.29, 0.717) is 17.8 Å². The molecule has 104 valence electrons. The van der Waals surface area contributed by atoms with Crippen molar-refractivity contribution in [2.75, 3.05) is 0 Å². The molecule has 0 atom stereocenters. The van der Waals surface area contributed by atoms with Crippen LogP contribution >= 0.6 is 0 Å². The Bertz CT molecular complexity index is 726. The number of carbonyl (C=O) groups is 1. The molecule has 7 nitrogen and oxygen atoms in total. The van der Waals surface area contributed by atoms with E-state index in [0.717, 1.165) is 5.56 Å². The Balaban J connectivity index is 1.79. The quantitative estimate of drug-likeness (QED) is 0.770. The molecular formula is C14H12N6O. The molecule has 0 saturated carbocycles. The number of rotatable bonds is 4. The third-order valence-electron chi connectivity index (χ3n) is 2.95. The molecule has 7 heteroatoms. The van der Waals surface area contributed by atoms with Gasteiger partial charge >= 0.3 is 0 Å². The maximum absolute atomic E-state index is 12.3. The van der Waals surface area contributed by atoms with Gasteiger partial charge in [0.15, 0.2) is 0 Å². The predicted octanol–water partition coefficient (Wildman–Crippen LogP) is 0.987. The lowest BCUT2D eigenvalue weighted by atomic mass is 10.1. The van der Waals surface area contributed by atoms with Crippen molar-refractivity contribution in [2.45, 2.75) is 6.54 Å². The molecule has 1 aromatic carbocycles. The van der Waals surface area contributed by atoms with Crippen molar-refractivity contribution >= 4 is 5.91 Å². The molecule has 1 amide bonds. The highest BCUT2D eigenvalue weighted by atomic mass is 16.1. The third kappa shape index (κ3) is 2.92. The van der Waals surface area contributed by atoms with Crippen molar-refractivity contribution in [3.63, 3.8) is 0 Å². The monoisotopic (exact) mass is 280 g/mol. The average Bonchev–Trinajstić information content (AvgIpc) is 3.08. The van der Waals surface area contributed by atoms with Crippen molar-refractivity contribution in [1.29, 1.82) is 0 Å². The van der Waals surface area contributed by atoms with Crippen LogP contribution < -0.4 is 5.32 Å². The van der Waals surface area contributed by atoms with Gasteiger partial charge in [-0.05, 0) is 40.3 Å². The lowest BCUT2D eigenvalue weighted by molar-refractivity contribution is 0.0950. The van der Waals surface area contributed by atoms with Crippen LogP contribution in [0.5, 0.6) is 0 Å². The summed E-state index contributed by atoms with van der Waals surface area (Å²) in [6.07, 6.45) is 4.84. The van der Waals surface area contributed by atoms with Gasteiger partial charge in [0.1, 0.15) is 6.33 Å². The molecule has 3 rings (SSSR count). The number of tetrazole rings is 1. The lowest BCUT2D eigenvalue weighted by Crippen LogP contribution is -2.24. The molecule has 0 aliphatic rings. The summed E-state index contributed by atoms with van der Waals surface area (Å²) >= 11 is 0. The van der Waals surface area contributed by atoms with Gasteiger partial charge in [0.2, 0.25) is 0 Å². The number of benzene rings is 1. The highest BCUT2D eigenvalue weighted by molar-refractivity contribution is 5.97. The fourth-order valence-electron chi connectivity index (χ4n) is 1.92. The van der Waals surface area contributed by atoms with E-state index in [2.05, 4.69) is 25.8 Å². The molecule has 2 aromatic heterocycles. The van der Waals surface area contributed by atoms with Crippen LogP contribution in [-0.4, -0.2) is 31.1 Å². The molecule has 0 bridgehead atoms. The van der Waals surface area contributed by atoms with Crippen LogP contribution in [0.25, 0.3) is 5.69 Å². The molecule has 21 heavy (non-hydrogen) atoms. The van der Waals surface area contributed by atoms with Gasteiger partial charge in [0, 0.05) is 18.9 Å². The molecule has 0 aliphatic heterocycles. The number of amides is 1. The van der Waals surface area contributed by atoms with Crippen molar-refractivity contribution in [2.24, 2.45) is 0 Å². The lowest BCUT2D eigenvalue weighted by Gasteiger charge is -2.09. The van der Waals surface area contributed by atoms with Gasteiger partial charge in [-0.2, -0.15) is 4.68 Å². The second-order valence-electron chi connectivity index (χ2n) is 4.31. The molecule has 1 N–H and O–H groups in total. The maximum atomic E-state index is 12.3. The number of hydrogen-bond donors (Lipinski definition) is 1. The molecule has 0 spiro atoms. The number of aromatic nitrogens is 5. The average molecular weight is 280 g/mol. The number of nitrogens with one attached hydrogen (secondary N) is 1. The summed E-state index contributed by atoms with van der Waals surface area (Å²) in [5, 5.41) is 13.9. The summed E-state index contributed by atoms with van der Waals surface area (Å²) in [6, 6.07) is 10.9. The van der Waals surface area contributed by atoms with Crippen LogP contribution in [-0.2, 0) is 6.54 Å². The second kappa shape index (κ2) is 5.91. The van der Waals surface area contributed by atoms with E-state index in [-0.39, 0.29) is 5.91 Å². The maximum Gasteiger partial charge on any atom is 0.253 e. The predicted molar refractivity (Wildman–Crippen MR) is 74.6 cm³/mol. The van der Waals surface area contributed by atoms with Crippen LogP contribution in [0.4, 0.5) is 0 Å². The Morgan fingerprint density at radius 3 is 2.71 bits per heavy atom. The van der Waals surface area contributed by atoms with Gasteiger partial charge in [0.05, 0.1) is 11.3 Å². The van der Waals surface area contributed by atoms with Crippen molar-refractivity contribution < 1.29 is 4.79 Å². The van der Waals surface area contributed by atoms with E-state index < -0.39 is 0 Å². The zero-order valence-corrected chi connectivity index (χ0v) is 11.0. The SMILES string of the molecule is O=C(NCc1ccncc1)c1ccccc1-n1cnnn1. The summed E-state index contributed by atoms with van der Waals surface area (Å²) in [5.74, 6) is -0.182. The first-order valence-electron chi connectivity index (χ1n) is 6.34. The number of nitrogens with zero attached hydrogens (tertiary/aromatic N) is 5. The Labute approximate surface area is 120 Å². The van der Waals surface area contributed by atoms with Crippen LogP contribution in [0.3, 0.4) is 0 Å². The summed E-state index contributed by atoms with van der Waals surface area (Å²) in [7, 11) is 0. The van der Waals surface area contributed by atoms with E-state index in [1.807, 2.05) is 18.2 Å². The van der Waals surface area contributed by atoms with E-state index in [4.69, 9.17) is 0 Å². The van der Waals surface area contributed by atoms with Crippen LogP contribution in [0.2, 0.25) is 0 Å².